The molecule has 1 aromatic carbocycles. The van der Waals surface area contributed by atoms with Crippen LogP contribution in [0.5, 0.6) is 0 Å². The average molecular weight is 315 g/mol. The molecule has 1 aromatic rings. The molecule has 2 rings (SSSR count). The summed E-state index contributed by atoms with van der Waals surface area (Å²) in [6, 6.07) is 4.57. The normalized spacial score (nSPS) is 19.4. The first-order chi connectivity index (χ1) is 9.45. The Morgan fingerprint density at radius 1 is 1.35 bits per heavy atom. The fraction of sp³-hybridized carbons (Fsp3) is 0.429. The Morgan fingerprint density at radius 2 is 2.05 bits per heavy atom. The minimum absolute atomic E-state index is 0.00676. The van der Waals surface area contributed by atoms with E-state index in [1.165, 1.54) is 0 Å². The number of halogens is 2. The lowest BCUT2D eigenvalue weighted by molar-refractivity contribution is -0.140. The maximum atomic E-state index is 12.4. The van der Waals surface area contributed by atoms with Gasteiger partial charge in [0, 0.05) is 24.5 Å². The Balaban J connectivity index is 2.24. The largest absolute Gasteiger partial charge is 0.329 e. The minimum Gasteiger partial charge on any atom is -0.329 e. The average Bonchev–Trinajstić information content (AvgIpc) is 2.42. The highest BCUT2D eigenvalue weighted by atomic mass is 35.5. The number of piperazine rings is 1. The molecule has 0 radical (unpaired) electrons. The third-order valence-corrected chi connectivity index (χ3v) is 4.02. The monoisotopic (exact) mass is 314 g/mol. The van der Waals surface area contributed by atoms with Crippen molar-refractivity contribution >= 4 is 40.7 Å². The molecule has 0 aromatic heterocycles. The molecular formula is C14H16Cl2N2O2. The van der Waals surface area contributed by atoms with Crippen LogP contribution >= 0.6 is 23.2 Å². The molecule has 1 fully saturated rings. The van der Waals surface area contributed by atoms with Gasteiger partial charge in [-0.15, -0.1) is 0 Å². The van der Waals surface area contributed by atoms with Gasteiger partial charge in [0.2, 0.25) is 11.8 Å². The summed E-state index contributed by atoms with van der Waals surface area (Å²) in [7, 11) is 0. The van der Waals surface area contributed by atoms with Gasteiger partial charge in [-0.3, -0.25) is 9.59 Å². The number of amides is 2. The van der Waals surface area contributed by atoms with E-state index in [9.17, 15) is 9.59 Å². The lowest BCUT2D eigenvalue weighted by atomic mass is 10.1. The topological polar surface area (TPSA) is 40.6 Å². The molecule has 0 unspecified atom stereocenters. The van der Waals surface area contributed by atoms with Gasteiger partial charge in [-0.05, 0) is 25.1 Å². The standard InChI is InChI=1S/C14H16Cl2N2O2/c1-3-13(19)17-6-7-18(14(20)9(17)2)12-5-4-10(15)8-11(12)16/h4-5,8-9H,3,6-7H2,1-2H3/t9-/m0/s1. The van der Waals surface area contributed by atoms with Crippen LogP contribution in [0, 0.1) is 0 Å². The van der Waals surface area contributed by atoms with Crippen molar-refractivity contribution in [3.05, 3.63) is 28.2 Å². The number of benzene rings is 1. The van der Waals surface area contributed by atoms with Crippen molar-refractivity contribution in [2.45, 2.75) is 26.3 Å². The lowest BCUT2D eigenvalue weighted by Crippen LogP contribution is -2.57. The van der Waals surface area contributed by atoms with E-state index in [1.807, 2.05) is 0 Å². The zero-order chi connectivity index (χ0) is 14.9. The number of carbonyl (C=O) groups is 2. The van der Waals surface area contributed by atoms with Crippen LogP contribution in [0.4, 0.5) is 5.69 Å². The van der Waals surface area contributed by atoms with Gasteiger partial charge in [0.15, 0.2) is 0 Å². The van der Waals surface area contributed by atoms with Crippen LogP contribution in [0.25, 0.3) is 0 Å². The molecule has 0 N–H and O–H groups in total. The van der Waals surface area contributed by atoms with Crippen molar-refractivity contribution < 1.29 is 9.59 Å². The molecule has 1 aliphatic rings. The molecule has 2 amide bonds. The van der Waals surface area contributed by atoms with Gasteiger partial charge >= 0.3 is 0 Å². The number of anilines is 1. The molecule has 1 heterocycles. The molecule has 0 bridgehead atoms. The van der Waals surface area contributed by atoms with Crippen LogP contribution in [0.3, 0.4) is 0 Å². The van der Waals surface area contributed by atoms with Crippen LogP contribution in [0.15, 0.2) is 18.2 Å². The van der Waals surface area contributed by atoms with Crippen molar-refractivity contribution in [3.8, 4) is 0 Å². The fourth-order valence-electron chi connectivity index (χ4n) is 2.35. The maximum absolute atomic E-state index is 12.4. The summed E-state index contributed by atoms with van der Waals surface area (Å²) in [5, 5.41) is 0.965. The Bertz CT molecular complexity index is 548. The van der Waals surface area contributed by atoms with Gasteiger partial charge < -0.3 is 9.80 Å². The van der Waals surface area contributed by atoms with Gasteiger partial charge in [-0.25, -0.2) is 0 Å². The Kier molecular flexibility index (Phi) is 4.55. The van der Waals surface area contributed by atoms with Gasteiger partial charge in [0.25, 0.3) is 0 Å². The second kappa shape index (κ2) is 6.02. The molecule has 108 valence electrons. The first kappa shape index (κ1) is 15.1. The van der Waals surface area contributed by atoms with Crippen LogP contribution in [0.1, 0.15) is 20.3 Å². The van der Waals surface area contributed by atoms with Crippen LogP contribution in [0.2, 0.25) is 10.0 Å². The Hall–Kier alpha value is -1.26. The van der Waals surface area contributed by atoms with Crippen molar-refractivity contribution in [1.82, 2.24) is 4.90 Å². The van der Waals surface area contributed by atoms with Gasteiger partial charge in [0.05, 0.1) is 10.7 Å². The molecule has 1 saturated heterocycles. The smallest absolute Gasteiger partial charge is 0.249 e. The summed E-state index contributed by atoms with van der Waals surface area (Å²) in [6.45, 7) is 4.49. The predicted octanol–water partition coefficient (Wildman–Crippen LogP) is 2.97. The SMILES string of the molecule is CCC(=O)N1CCN(c2ccc(Cl)cc2Cl)C(=O)[C@@H]1C. The number of nitrogens with zero attached hydrogens (tertiary/aromatic N) is 2. The summed E-state index contributed by atoms with van der Waals surface area (Å²) in [5.74, 6) is -0.130. The lowest BCUT2D eigenvalue weighted by Gasteiger charge is -2.39. The van der Waals surface area contributed by atoms with Crippen molar-refractivity contribution in [1.29, 1.82) is 0 Å². The van der Waals surface area contributed by atoms with Crippen LogP contribution in [-0.2, 0) is 9.59 Å². The minimum atomic E-state index is -0.469. The highest BCUT2D eigenvalue weighted by Gasteiger charge is 2.34. The maximum Gasteiger partial charge on any atom is 0.249 e. The van der Waals surface area contributed by atoms with E-state index in [0.29, 0.717) is 35.2 Å². The summed E-state index contributed by atoms with van der Waals surface area (Å²) >= 11 is 12.0. The number of rotatable bonds is 2. The molecular weight excluding hydrogens is 299 g/mol. The van der Waals surface area contributed by atoms with Gasteiger partial charge in [0.1, 0.15) is 6.04 Å². The van der Waals surface area contributed by atoms with E-state index in [-0.39, 0.29) is 11.8 Å². The van der Waals surface area contributed by atoms with E-state index in [1.54, 1.807) is 41.8 Å². The van der Waals surface area contributed by atoms with E-state index in [2.05, 4.69) is 0 Å². The van der Waals surface area contributed by atoms with Crippen LogP contribution < -0.4 is 4.90 Å². The molecule has 0 saturated carbocycles. The molecule has 0 aliphatic carbocycles. The van der Waals surface area contributed by atoms with Crippen LogP contribution in [-0.4, -0.2) is 35.8 Å². The zero-order valence-corrected chi connectivity index (χ0v) is 12.9. The predicted molar refractivity (Wildman–Crippen MR) is 80.3 cm³/mol. The molecule has 4 nitrogen and oxygen atoms in total. The fourth-order valence-corrected chi connectivity index (χ4v) is 2.86. The number of carbonyl (C=O) groups excluding carboxylic acids is 2. The highest BCUT2D eigenvalue weighted by Crippen LogP contribution is 2.30. The van der Waals surface area contributed by atoms with Crippen molar-refractivity contribution in [3.63, 3.8) is 0 Å². The van der Waals surface area contributed by atoms with E-state index in [0.717, 1.165) is 0 Å². The third kappa shape index (κ3) is 2.76. The van der Waals surface area contributed by atoms with E-state index < -0.39 is 6.04 Å². The third-order valence-electron chi connectivity index (χ3n) is 3.48. The first-order valence-corrected chi connectivity index (χ1v) is 7.27. The molecule has 1 atom stereocenters. The molecule has 20 heavy (non-hydrogen) atoms. The molecule has 6 heteroatoms. The Labute approximate surface area is 128 Å². The van der Waals surface area contributed by atoms with E-state index >= 15 is 0 Å². The van der Waals surface area contributed by atoms with Crippen molar-refractivity contribution in [2.24, 2.45) is 0 Å². The number of hydrogen-bond donors (Lipinski definition) is 0. The number of hydrogen-bond acceptors (Lipinski definition) is 2. The first-order valence-electron chi connectivity index (χ1n) is 6.51. The van der Waals surface area contributed by atoms with E-state index in [4.69, 9.17) is 23.2 Å². The zero-order valence-electron chi connectivity index (χ0n) is 11.4. The summed E-state index contributed by atoms with van der Waals surface area (Å²) < 4.78 is 0. The summed E-state index contributed by atoms with van der Waals surface area (Å²) in [6.07, 6.45) is 0.402. The second-order valence-corrected chi connectivity index (χ2v) is 5.55. The molecule has 0 spiro atoms. The van der Waals surface area contributed by atoms with Gasteiger partial charge in [-0.2, -0.15) is 0 Å². The van der Waals surface area contributed by atoms with Crippen molar-refractivity contribution in [2.75, 3.05) is 18.0 Å². The summed E-state index contributed by atoms with van der Waals surface area (Å²) in [4.78, 5) is 27.5. The second-order valence-electron chi connectivity index (χ2n) is 4.70. The molecule has 1 aliphatic heterocycles. The van der Waals surface area contributed by atoms with Gasteiger partial charge in [-0.1, -0.05) is 30.1 Å². The highest BCUT2D eigenvalue weighted by molar-refractivity contribution is 6.36. The summed E-state index contributed by atoms with van der Waals surface area (Å²) in [5.41, 5.74) is 0.636. The Morgan fingerprint density at radius 3 is 2.65 bits per heavy atom. The quantitative estimate of drug-likeness (QED) is 0.842.